The molecule has 0 aliphatic rings. The number of hydrogen-bond donors (Lipinski definition) is 0. The Morgan fingerprint density at radius 1 is 0.375 bits per heavy atom. The quantitative estimate of drug-likeness (QED) is 0.0202. The van der Waals surface area contributed by atoms with E-state index in [-0.39, 0.29) is 31.1 Å². The maximum absolute atomic E-state index is 12.7. The number of carbonyl (C=O) groups excluding carboxylic acids is 3. The molecule has 324 valence electrons. The molecule has 0 saturated heterocycles. The minimum Gasteiger partial charge on any atom is -0.462 e. The van der Waals surface area contributed by atoms with Crippen molar-refractivity contribution in [1.29, 1.82) is 0 Å². The first-order chi connectivity index (χ1) is 27.5. The summed E-state index contributed by atoms with van der Waals surface area (Å²) in [6.07, 6.45) is 52.4. The van der Waals surface area contributed by atoms with Gasteiger partial charge in [0.15, 0.2) is 6.10 Å². The van der Waals surface area contributed by atoms with Gasteiger partial charge < -0.3 is 14.2 Å². The molecule has 0 heterocycles. The molecule has 1 atom stereocenters. The van der Waals surface area contributed by atoms with E-state index in [4.69, 9.17) is 14.2 Å². The van der Waals surface area contributed by atoms with Crippen LogP contribution < -0.4 is 0 Å². The van der Waals surface area contributed by atoms with Crippen LogP contribution in [0.5, 0.6) is 0 Å². The third-order valence-corrected chi connectivity index (χ3v) is 10.1. The maximum atomic E-state index is 12.7. The summed E-state index contributed by atoms with van der Waals surface area (Å²) in [5.41, 5.74) is 0. The highest BCUT2D eigenvalue weighted by atomic mass is 16.6. The average Bonchev–Trinajstić information content (AvgIpc) is 3.19. The zero-order valence-electron chi connectivity index (χ0n) is 36.9. The van der Waals surface area contributed by atoms with Gasteiger partial charge in [-0.2, -0.15) is 0 Å². The summed E-state index contributed by atoms with van der Waals surface area (Å²) in [7, 11) is 0. The highest BCUT2D eigenvalue weighted by Crippen LogP contribution is 2.15. The summed E-state index contributed by atoms with van der Waals surface area (Å²) < 4.78 is 16.7. The SMILES string of the molecule is CC\C=C/C=C\C=C/CCCCCCCCCC(=O)OCC(COC(=O)CCC/C=C\CCCCCC)OC(=O)CCCCCCCCCCCCCCCC. The molecule has 0 aromatic rings. The molecule has 0 fully saturated rings. The van der Waals surface area contributed by atoms with Crippen LogP contribution in [0, 0.1) is 0 Å². The van der Waals surface area contributed by atoms with Gasteiger partial charge in [-0.15, -0.1) is 0 Å². The minimum absolute atomic E-state index is 0.0863. The van der Waals surface area contributed by atoms with Gasteiger partial charge in [-0.1, -0.05) is 204 Å². The van der Waals surface area contributed by atoms with E-state index in [9.17, 15) is 14.4 Å². The molecule has 6 heteroatoms. The van der Waals surface area contributed by atoms with Crippen molar-refractivity contribution in [1.82, 2.24) is 0 Å². The maximum Gasteiger partial charge on any atom is 0.306 e. The van der Waals surface area contributed by atoms with Crippen molar-refractivity contribution in [2.75, 3.05) is 13.2 Å². The second kappa shape index (κ2) is 45.1. The fourth-order valence-electron chi connectivity index (χ4n) is 6.56. The summed E-state index contributed by atoms with van der Waals surface area (Å²) >= 11 is 0. The highest BCUT2D eigenvalue weighted by Gasteiger charge is 2.19. The van der Waals surface area contributed by atoms with Gasteiger partial charge in [-0.25, -0.2) is 0 Å². The van der Waals surface area contributed by atoms with Crippen LogP contribution in [0.25, 0.3) is 0 Å². The Labute approximate surface area is 346 Å². The summed E-state index contributed by atoms with van der Waals surface area (Å²) in [6, 6.07) is 0. The third kappa shape index (κ3) is 42.5. The molecule has 6 nitrogen and oxygen atoms in total. The van der Waals surface area contributed by atoms with Crippen LogP contribution in [0.15, 0.2) is 48.6 Å². The number of ether oxygens (including phenoxy) is 3. The van der Waals surface area contributed by atoms with Gasteiger partial charge in [0.05, 0.1) is 0 Å². The molecule has 0 N–H and O–H groups in total. The zero-order chi connectivity index (χ0) is 40.8. The van der Waals surface area contributed by atoms with Crippen LogP contribution in [0.2, 0.25) is 0 Å². The van der Waals surface area contributed by atoms with Gasteiger partial charge in [0.25, 0.3) is 0 Å². The van der Waals surface area contributed by atoms with Gasteiger partial charge in [0.1, 0.15) is 13.2 Å². The lowest BCUT2D eigenvalue weighted by atomic mass is 10.0. The summed E-state index contributed by atoms with van der Waals surface area (Å²) in [5.74, 6) is -0.931. The van der Waals surface area contributed by atoms with Crippen LogP contribution >= 0.6 is 0 Å². The zero-order valence-corrected chi connectivity index (χ0v) is 36.9. The normalized spacial score (nSPS) is 12.4. The molecule has 0 amide bonds. The number of hydrogen-bond acceptors (Lipinski definition) is 6. The molecule has 56 heavy (non-hydrogen) atoms. The lowest BCUT2D eigenvalue weighted by molar-refractivity contribution is -0.167. The smallest absolute Gasteiger partial charge is 0.306 e. The van der Waals surface area contributed by atoms with E-state index in [1.807, 2.05) is 0 Å². The van der Waals surface area contributed by atoms with Gasteiger partial charge in [0, 0.05) is 19.3 Å². The van der Waals surface area contributed by atoms with Gasteiger partial charge in [-0.3, -0.25) is 14.4 Å². The van der Waals surface area contributed by atoms with E-state index in [0.29, 0.717) is 19.3 Å². The Morgan fingerprint density at radius 2 is 0.732 bits per heavy atom. The van der Waals surface area contributed by atoms with Crippen molar-refractivity contribution in [3.05, 3.63) is 48.6 Å². The van der Waals surface area contributed by atoms with Crippen molar-refractivity contribution in [2.24, 2.45) is 0 Å². The Kier molecular flexibility index (Phi) is 43.0. The van der Waals surface area contributed by atoms with E-state index < -0.39 is 6.10 Å². The van der Waals surface area contributed by atoms with E-state index in [2.05, 4.69) is 69.4 Å². The molecule has 0 bridgehead atoms. The van der Waals surface area contributed by atoms with Crippen LogP contribution in [-0.4, -0.2) is 37.2 Å². The molecular weight excluding hydrogens is 697 g/mol. The molecule has 1 unspecified atom stereocenters. The largest absolute Gasteiger partial charge is 0.462 e. The first-order valence-electron chi connectivity index (χ1n) is 23.7. The fourth-order valence-corrected chi connectivity index (χ4v) is 6.56. The van der Waals surface area contributed by atoms with E-state index in [1.165, 1.54) is 122 Å². The van der Waals surface area contributed by atoms with Gasteiger partial charge in [-0.05, 0) is 57.8 Å². The Morgan fingerprint density at radius 3 is 1.21 bits per heavy atom. The third-order valence-electron chi connectivity index (χ3n) is 10.1. The second-order valence-corrected chi connectivity index (χ2v) is 15.7. The second-order valence-electron chi connectivity index (χ2n) is 15.7. The molecule has 0 saturated carbocycles. The molecule has 0 aliphatic carbocycles. The molecule has 0 aromatic heterocycles. The van der Waals surface area contributed by atoms with Crippen molar-refractivity contribution in [3.63, 3.8) is 0 Å². The monoisotopic (exact) mass is 785 g/mol. The van der Waals surface area contributed by atoms with Crippen molar-refractivity contribution in [3.8, 4) is 0 Å². The predicted octanol–water partition coefficient (Wildman–Crippen LogP) is 15.1. The molecule has 0 rings (SSSR count). The molecule has 0 radical (unpaired) electrons. The van der Waals surface area contributed by atoms with Crippen LogP contribution in [0.4, 0.5) is 0 Å². The molecule has 0 aliphatic heterocycles. The Bertz CT molecular complexity index is 996. The van der Waals surface area contributed by atoms with E-state index >= 15 is 0 Å². The molecule has 0 aromatic carbocycles. The molecule has 0 spiro atoms. The van der Waals surface area contributed by atoms with Crippen LogP contribution in [0.1, 0.15) is 233 Å². The standard InChI is InChI=1S/C50H88O6/c1-4-7-10-13-16-19-21-23-25-27-28-31-34-37-40-43-49(52)55-46-47(45-54-48(51)42-39-36-33-30-18-15-12-9-6-3)56-50(53)44-41-38-35-32-29-26-24-22-20-17-14-11-8-5-2/h7,10,13,16,19,21,30,33,47H,4-6,8-9,11-12,14-15,17-18,20,22-29,31-32,34-46H2,1-3H3/b10-7-,16-13-,21-19-,33-30-. The lowest BCUT2D eigenvalue weighted by Gasteiger charge is -2.18. The number of unbranched alkanes of at least 4 members (excludes halogenated alkanes) is 25. The first-order valence-corrected chi connectivity index (χ1v) is 23.7. The highest BCUT2D eigenvalue weighted by molar-refractivity contribution is 5.71. The van der Waals surface area contributed by atoms with Gasteiger partial charge in [0.2, 0.25) is 0 Å². The van der Waals surface area contributed by atoms with Crippen molar-refractivity contribution in [2.45, 2.75) is 239 Å². The minimum atomic E-state index is -0.783. The van der Waals surface area contributed by atoms with Crippen LogP contribution in [-0.2, 0) is 28.6 Å². The van der Waals surface area contributed by atoms with Crippen molar-refractivity contribution >= 4 is 17.9 Å². The van der Waals surface area contributed by atoms with E-state index in [0.717, 1.165) is 70.6 Å². The Balaban J connectivity index is 4.37. The predicted molar refractivity (Wildman–Crippen MR) is 238 cm³/mol. The summed E-state index contributed by atoms with van der Waals surface area (Å²) in [5, 5.41) is 0. The summed E-state index contributed by atoms with van der Waals surface area (Å²) in [4.78, 5) is 37.7. The molecular formula is C50H88O6. The topological polar surface area (TPSA) is 78.9 Å². The van der Waals surface area contributed by atoms with Gasteiger partial charge >= 0.3 is 17.9 Å². The number of esters is 3. The van der Waals surface area contributed by atoms with Crippen LogP contribution in [0.3, 0.4) is 0 Å². The average molecular weight is 785 g/mol. The Hall–Kier alpha value is -2.63. The van der Waals surface area contributed by atoms with E-state index in [1.54, 1.807) is 0 Å². The number of allylic oxidation sites excluding steroid dienone is 8. The fraction of sp³-hybridized carbons (Fsp3) is 0.780. The lowest BCUT2D eigenvalue weighted by Crippen LogP contribution is -2.30. The number of rotatable bonds is 42. The first kappa shape index (κ1) is 53.4. The van der Waals surface area contributed by atoms with Crippen molar-refractivity contribution < 1.29 is 28.6 Å². The summed E-state index contributed by atoms with van der Waals surface area (Å²) in [6.45, 7) is 6.44. The number of carbonyl (C=O) groups is 3.